The highest BCUT2D eigenvalue weighted by molar-refractivity contribution is 6.51. The van der Waals surface area contributed by atoms with Crippen molar-refractivity contribution < 1.29 is 0 Å². The molecule has 0 spiro atoms. The van der Waals surface area contributed by atoms with Crippen LogP contribution in [0.3, 0.4) is 0 Å². The van der Waals surface area contributed by atoms with Crippen molar-refractivity contribution in [3.8, 4) is 11.4 Å². The van der Waals surface area contributed by atoms with Crippen LogP contribution in [0.4, 0.5) is 0 Å². The first-order chi connectivity index (χ1) is 11.3. The minimum Gasteiger partial charge on any atom is -0.343 e. The summed E-state index contributed by atoms with van der Waals surface area (Å²) >= 11 is 0. The third kappa shape index (κ3) is 2.63. The maximum Gasteiger partial charge on any atom is 0.204 e. The number of aromatic nitrogens is 5. The molecule has 0 saturated heterocycles. The zero-order valence-electron chi connectivity index (χ0n) is 12.8. The Balaban J connectivity index is 1.68. The Hall–Kier alpha value is -2.89. The summed E-state index contributed by atoms with van der Waals surface area (Å²) in [5, 5.41) is 15.3. The minimum atomic E-state index is 0.617. The molecule has 0 fully saturated rings. The van der Waals surface area contributed by atoms with Crippen LogP contribution in [0.2, 0.25) is 6.82 Å². The predicted octanol–water partition coefficient (Wildman–Crippen LogP) is 2.25. The van der Waals surface area contributed by atoms with Crippen LogP contribution in [0, 0.1) is 0 Å². The second-order valence-electron chi connectivity index (χ2n) is 5.49. The topological polar surface area (TPSA) is 59.4 Å². The van der Waals surface area contributed by atoms with E-state index < -0.39 is 0 Å². The van der Waals surface area contributed by atoms with E-state index in [-0.39, 0.29) is 0 Å². The number of rotatable bonds is 4. The molecule has 1 radical (unpaired) electrons. The molecule has 2 heterocycles. The molecule has 2 aromatic carbocycles. The number of fused-ring (bicyclic) bond motifs is 1. The summed E-state index contributed by atoms with van der Waals surface area (Å²) in [6.45, 7) is 2.91. The third-order valence-electron chi connectivity index (χ3n) is 4.01. The molecule has 0 unspecified atom stereocenters. The summed E-state index contributed by atoms with van der Waals surface area (Å²) in [5.74, 6) is 0.617. The summed E-state index contributed by atoms with van der Waals surface area (Å²) in [5.41, 5.74) is 4.70. The van der Waals surface area contributed by atoms with Gasteiger partial charge in [0.2, 0.25) is 5.82 Å². The van der Waals surface area contributed by atoms with E-state index in [1.165, 1.54) is 21.9 Å². The number of nitrogens with zero attached hydrogens (tertiary/aromatic N) is 4. The Morgan fingerprint density at radius 2 is 2.09 bits per heavy atom. The number of aromatic amines is 1. The minimum absolute atomic E-state index is 0.617. The average Bonchev–Trinajstić information content (AvgIpc) is 3.25. The highest BCUT2D eigenvalue weighted by atomic mass is 15.5. The number of hydrogen-bond donors (Lipinski definition) is 1. The van der Waals surface area contributed by atoms with Crippen LogP contribution >= 0.6 is 0 Å². The Kier molecular flexibility index (Phi) is 3.42. The van der Waals surface area contributed by atoms with E-state index in [1.54, 1.807) is 0 Å². The molecule has 111 valence electrons. The second-order valence-corrected chi connectivity index (χ2v) is 5.49. The third-order valence-corrected chi connectivity index (χ3v) is 4.01. The molecule has 23 heavy (non-hydrogen) atoms. The molecular formula is C17H15BN5. The first-order valence-corrected chi connectivity index (χ1v) is 7.54. The van der Waals surface area contributed by atoms with Crippen LogP contribution in [0.5, 0.6) is 0 Å². The number of H-pyrrole nitrogens is 1. The van der Waals surface area contributed by atoms with Crippen molar-refractivity contribution in [2.75, 3.05) is 0 Å². The second kappa shape index (κ2) is 5.72. The van der Waals surface area contributed by atoms with Crippen molar-refractivity contribution in [3.63, 3.8) is 0 Å². The van der Waals surface area contributed by atoms with Crippen LogP contribution in [-0.2, 0) is 6.54 Å². The van der Waals surface area contributed by atoms with Crippen molar-refractivity contribution in [2.45, 2.75) is 13.4 Å². The number of tetrazole rings is 1. The van der Waals surface area contributed by atoms with Gasteiger partial charge in [-0.25, -0.2) is 0 Å². The largest absolute Gasteiger partial charge is 0.343 e. The van der Waals surface area contributed by atoms with Crippen molar-refractivity contribution >= 4 is 23.6 Å². The molecular weight excluding hydrogens is 285 g/mol. The van der Waals surface area contributed by atoms with Crippen molar-refractivity contribution in [1.29, 1.82) is 0 Å². The fourth-order valence-electron chi connectivity index (χ4n) is 2.83. The van der Waals surface area contributed by atoms with Crippen LogP contribution in [0.15, 0.2) is 54.7 Å². The van der Waals surface area contributed by atoms with Gasteiger partial charge in [0.15, 0.2) is 0 Å². The Morgan fingerprint density at radius 1 is 1.13 bits per heavy atom. The summed E-state index contributed by atoms with van der Waals surface area (Å²) in [6, 6.07) is 16.9. The summed E-state index contributed by atoms with van der Waals surface area (Å²) in [6.07, 6.45) is 2.12. The van der Waals surface area contributed by atoms with Crippen LogP contribution in [0.25, 0.3) is 22.3 Å². The lowest BCUT2D eigenvalue weighted by molar-refractivity contribution is 0.838. The summed E-state index contributed by atoms with van der Waals surface area (Å²) in [7, 11) is 2.12. The van der Waals surface area contributed by atoms with E-state index in [0.29, 0.717) is 5.82 Å². The molecule has 4 aromatic rings. The van der Waals surface area contributed by atoms with Gasteiger partial charge >= 0.3 is 0 Å². The average molecular weight is 300 g/mol. The van der Waals surface area contributed by atoms with E-state index in [2.05, 4.69) is 88.0 Å². The zero-order chi connectivity index (χ0) is 15.6. The van der Waals surface area contributed by atoms with Crippen molar-refractivity contribution in [1.82, 2.24) is 25.2 Å². The van der Waals surface area contributed by atoms with E-state index in [1.807, 2.05) is 6.07 Å². The standard InChI is InChI=1S/C17H15BN5/c1-18-15-4-2-3-12(9-15)11-23-8-7-13-10-14(5-6-16(13)23)17-19-21-22-20-17/h2-10H,11H2,1H3,(H,19,20,21,22). The smallest absolute Gasteiger partial charge is 0.204 e. The zero-order valence-corrected chi connectivity index (χ0v) is 12.8. The lowest BCUT2D eigenvalue weighted by Crippen LogP contribution is -2.11. The monoisotopic (exact) mass is 300 g/mol. The van der Waals surface area contributed by atoms with Gasteiger partial charge in [0.25, 0.3) is 0 Å². The molecule has 0 aliphatic heterocycles. The molecule has 2 aromatic heterocycles. The van der Waals surface area contributed by atoms with Crippen molar-refractivity contribution in [3.05, 3.63) is 60.3 Å². The highest BCUT2D eigenvalue weighted by Crippen LogP contribution is 2.23. The molecule has 0 aliphatic rings. The van der Waals surface area contributed by atoms with Gasteiger partial charge in [0.05, 0.1) is 0 Å². The fourth-order valence-corrected chi connectivity index (χ4v) is 2.83. The van der Waals surface area contributed by atoms with Gasteiger partial charge in [0.1, 0.15) is 7.28 Å². The van der Waals surface area contributed by atoms with E-state index >= 15 is 0 Å². The van der Waals surface area contributed by atoms with Gasteiger partial charge in [-0.3, -0.25) is 0 Å². The van der Waals surface area contributed by atoms with Gasteiger partial charge < -0.3 is 4.57 Å². The highest BCUT2D eigenvalue weighted by Gasteiger charge is 2.07. The quantitative estimate of drug-likeness (QED) is 0.588. The molecule has 0 amide bonds. The van der Waals surface area contributed by atoms with Gasteiger partial charge in [-0.1, -0.05) is 36.6 Å². The van der Waals surface area contributed by atoms with E-state index in [4.69, 9.17) is 0 Å². The Bertz CT molecular complexity index is 943. The summed E-state index contributed by atoms with van der Waals surface area (Å²) < 4.78 is 2.25. The summed E-state index contributed by atoms with van der Waals surface area (Å²) in [4.78, 5) is 0. The maximum atomic E-state index is 4.03. The van der Waals surface area contributed by atoms with E-state index in [9.17, 15) is 0 Å². The number of hydrogen-bond acceptors (Lipinski definition) is 3. The van der Waals surface area contributed by atoms with Crippen LogP contribution in [0.1, 0.15) is 5.56 Å². The Morgan fingerprint density at radius 3 is 2.91 bits per heavy atom. The molecule has 0 atom stereocenters. The van der Waals surface area contributed by atoms with Crippen molar-refractivity contribution in [2.24, 2.45) is 0 Å². The Labute approximate surface area is 134 Å². The SMILES string of the molecule is C[B]c1cccc(Cn2ccc3cc(-c4nn[nH]n4)ccc32)c1. The molecule has 0 saturated carbocycles. The van der Waals surface area contributed by atoms with Gasteiger partial charge in [-0.05, 0) is 35.0 Å². The van der Waals surface area contributed by atoms with Gasteiger partial charge in [0, 0.05) is 29.2 Å². The first kappa shape index (κ1) is 13.8. The van der Waals surface area contributed by atoms with E-state index in [0.717, 1.165) is 12.1 Å². The normalized spacial score (nSPS) is 11.0. The molecule has 6 heteroatoms. The lowest BCUT2D eigenvalue weighted by atomic mass is 9.73. The molecule has 5 nitrogen and oxygen atoms in total. The maximum absolute atomic E-state index is 4.03. The van der Waals surface area contributed by atoms with Crippen LogP contribution < -0.4 is 5.46 Å². The van der Waals surface area contributed by atoms with Gasteiger partial charge in [-0.2, -0.15) is 5.21 Å². The fraction of sp³-hybridized carbons (Fsp3) is 0.118. The van der Waals surface area contributed by atoms with Crippen LogP contribution in [-0.4, -0.2) is 32.5 Å². The first-order valence-electron chi connectivity index (χ1n) is 7.54. The molecule has 0 aliphatic carbocycles. The lowest BCUT2D eigenvalue weighted by Gasteiger charge is -2.07. The number of benzene rings is 2. The molecule has 4 rings (SSSR count). The number of nitrogens with one attached hydrogen (secondary N) is 1. The molecule has 1 N–H and O–H groups in total. The predicted molar refractivity (Wildman–Crippen MR) is 91.9 cm³/mol. The molecule has 0 bridgehead atoms. The van der Waals surface area contributed by atoms with Gasteiger partial charge in [-0.15, -0.1) is 10.2 Å².